The molecule has 0 radical (unpaired) electrons. The van der Waals surface area contributed by atoms with E-state index in [1.807, 2.05) is 62.4 Å². The molecule has 2 atom stereocenters. The van der Waals surface area contributed by atoms with Crippen LogP contribution in [0.3, 0.4) is 0 Å². The Morgan fingerprint density at radius 3 is 2.38 bits per heavy atom. The smallest absolute Gasteiger partial charge is 0.271 e. The lowest BCUT2D eigenvalue weighted by molar-refractivity contribution is -0.123. The topological polar surface area (TPSA) is 135 Å². The standard InChI is InChI=1S/C34H38N6O5S2/c1-21(2)30-34-38-25(19-47-34)31(42)35-11-6-12-40(17-23-9-10-27-28(16-23)45-14-13-44-27)18-29(41)36-24(15-22-7-4-3-5-8-22)33-37-26(20-46-33)32(43)39-30/h3-5,7-10,16,19-21,24,30H,6,11-15,17-18H2,1-2H3,(H,35,42)(H,36,41)(H,39,43)/t24-,30-/m0/s1. The van der Waals surface area contributed by atoms with Gasteiger partial charge in [-0.25, -0.2) is 9.97 Å². The molecule has 2 aromatic heterocycles. The highest BCUT2D eigenvalue weighted by Crippen LogP contribution is 2.31. The van der Waals surface area contributed by atoms with Gasteiger partial charge in [0.15, 0.2) is 11.5 Å². The molecule has 4 heterocycles. The summed E-state index contributed by atoms with van der Waals surface area (Å²) in [5.41, 5.74) is 2.61. The molecule has 3 N–H and O–H groups in total. The lowest BCUT2D eigenvalue weighted by Gasteiger charge is -2.25. The van der Waals surface area contributed by atoms with E-state index in [0.29, 0.717) is 72.9 Å². The largest absolute Gasteiger partial charge is 0.486 e. The Labute approximate surface area is 281 Å². The van der Waals surface area contributed by atoms with E-state index in [1.54, 1.807) is 10.8 Å². The van der Waals surface area contributed by atoms with Crippen molar-refractivity contribution in [2.75, 3.05) is 32.8 Å². The molecular weight excluding hydrogens is 637 g/mol. The van der Waals surface area contributed by atoms with Gasteiger partial charge >= 0.3 is 0 Å². The number of fused-ring (bicyclic) bond motifs is 5. The van der Waals surface area contributed by atoms with Gasteiger partial charge in [-0.2, -0.15) is 0 Å². The van der Waals surface area contributed by atoms with E-state index < -0.39 is 12.1 Å². The fraction of sp³-hybridized carbons (Fsp3) is 0.382. The Kier molecular flexibility index (Phi) is 10.4. The summed E-state index contributed by atoms with van der Waals surface area (Å²) >= 11 is 2.70. The molecule has 0 saturated heterocycles. The van der Waals surface area contributed by atoms with Crippen LogP contribution in [-0.2, 0) is 17.8 Å². The number of carbonyl (C=O) groups is 3. The first-order chi connectivity index (χ1) is 22.8. The van der Waals surface area contributed by atoms with E-state index in [9.17, 15) is 14.4 Å². The third kappa shape index (κ3) is 8.34. The van der Waals surface area contributed by atoms with Crippen LogP contribution in [0, 0.1) is 5.92 Å². The van der Waals surface area contributed by atoms with Gasteiger partial charge in [0.2, 0.25) is 5.91 Å². The highest BCUT2D eigenvalue weighted by atomic mass is 32.1. The average molecular weight is 675 g/mol. The van der Waals surface area contributed by atoms with Crippen molar-refractivity contribution in [3.63, 3.8) is 0 Å². The van der Waals surface area contributed by atoms with Crippen LogP contribution >= 0.6 is 22.7 Å². The van der Waals surface area contributed by atoms with Gasteiger partial charge in [-0.3, -0.25) is 19.3 Å². The van der Waals surface area contributed by atoms with Gasteiger partial charge in [-0.1, -0.05) is 50.2 Å². The Hall–Kier alpha value is -4.33. The second kappa shape index (κ2) is 15.1. The second-order valence-electron chi connectivity index (χ2n) is 11.9. The molecule has 246 valence electrons. The number of aromatic nitrogens is 2. The molecule has 11 nitrogen and oxygen atoms in total. The van der Waals surface area contributed by atoms with Crippen LogP contribution < -0.4 is 25.4 Å². The molecule has 0 saturated carbocycles. The molecule has 2 aromatic carbocycles. The second-order valence-corrected chi connectivity index (χ2v) is 13.7. The number of rotatable bonds is 5. The zero-order valence-electron chi connectivity index (χ0n) is 26.4. The molecule has 0 aliphatic carbocycles. The summed E-state index contributed by atoms with van der Waals surface area (Å²) in [6.45, 7) is 6.58. The van der Waals surface area contributed by atoms with Crippen molar-refractivity contribution in [1.29, 1.82) is 0 Å². The van der Waals surface area contributed by atoms with Crippen molar-refractivity contribution in [2.24, 2.45) is 5.92 Å². The van der Waals surface area contributed by atoms with Gasteiger partial charge in [0, 0.05) is 30.4 Å². The molecule has 0 unspecified atom stereocenters. The highest BCUT2D eigenvalue weighted by Gasteiger charge is 2.27. The molecule has 47 heavy (non-hydrogen) atoms. The van der Waals surface area contributed by atoms with Crippen molar-refractivity contribution >= 4 is 40.4 Å². The van der Waals surface area contributed by atoms with E-state index in [0.717, 1.165) is 11.1 Å². The maximum atomic E-state index is 13.7. The maximum absolute atomic E-state index is 13.7. The van der Waals surface area contributed by atoms with E-state index in [1.165, 1.54) is 22.7 Å². The zero-order valence-corrected chi connectivity index (χ0v) is 28.0. The first-order valence-corrected chi connectivity index (χ1v) is 17.5. The predicted octanol–water partition coefficient (Wildman–Crippen LogP) is 4.53. The fourth-order valence-electron chi connectivity index (χ4n) is 5.56. The number of carbonyl (C=O) groups excluding carboxylic acids is 3. The van der Waals surface area contributed by atoms with E-state index in [4.69, 9.17) is 14.5 Å². The summed E-state index contributed by atoms with van der Waals surface area (Å²) in [6, 6.07) is 14.9. The van der Waals surface area contributed by atoms with Crippen molar-refractivity contribution in [3.8, 4) is 11.5 Å². The molecule has 4 bridgehead atoms. The number of hydrogen-bond donors (Lipinski definition) is 3. The number of thiazole rings is 2. The van der Waals surface area contributed by atoms with Crippen LogP contribution in [-0.4, -0.2) is 65.4 Å². The molecule has 2 aliphatic rings. The molecular formula is C34H38N6O5S2. The van der Waals surface area contributed by atoms with E-state index in [-0.39, 0.29) is 35.9 Å². The van der Waals surface area contributed by atoms with Gasteiger partial charge in [-0.15, -0.1) is 22.7 Å². The number of ether oxygens (including phenoxy) is 2. The first kappa shape index (κ1) is 32.6. The molecule has 6 rings (SSSR count). The van der Waals surface area contributed by atoms with Crippen LogP contribution in [0.4, 0.5) is 0 Å². The SMILES string of the molecule is CC(C)[C@@H]1NC(=O)c2csc(n2)[C@H](Cc2ccccc2)NC(=O)CN(Cc2ccc3c(c2)OCCO3)CCCNC(=O)c2csc1n2. The monoisotopic (exact) mass is 674 g/mol. The molecule has 4 aromatic rings. The van der Waals surface area contributed by atoms with Gasteiger partial charge in [0.1, 0.15) is 34.6 Å². The number of amides is 3. The van der Waals surface area contributed by atoms with Crippen molar-refractivity contribution in [2.45, 2.75) is 45.3 Å². The summed E-state index contributed by atoms with van der Waals surface area (Å²) in [6.07, 6.45) is 1.14. The van der Waals surface area contributed by atoms with Crippen LogP contribution in [0.25, 0.3) is 0 Å². The number of nitrogens with one attached hydrogen (secondary N) is 3. The summed E-state index contributed by atoms with van der Waals surface area (Å²) < 4.78 is 11.5. The van der Waals surface area contributed by atoms with E-state index >= 15 is 0 Å². The summed E-state index contributed by atoms with van der Waals surface area (Å²) in [7, 11) is 0. The molecule has 2 aliphatic heterocycles. The van der Waals surface area contributed by atoms with Gasteiger partial charge < -0.3 is 25.4 Å². The Morgan fingerprint density at radius 1 is 0.872 bits per heavy atom. The minimum absolute atomic E-state index is 0.0264. The minimum atomic E-state index is -0.434. The average Bonchev–Trinajstić information content (AvgIpc) is 3.76. The third-order valence-electron chi connectivity index (χ3n) is 7.96. The molecule has 0 fully saturated rings. The lowest BCUT2D eigenvalue weighted by atomic mass is 10.0. The van der Waals surface area contributed by atoms with Gasteiger partial charge in [-0.05, 0) is 42.0 Å². The van der Waals surface area contributed by atoms with Crippen molar-refractivity contribution in [3.05, 3.63) is 91.8 Å². The minimum Gasteiger partial charge on any atom is -0.486 e. The third-order valence-corrected chi connectivity index (χ3v) is 9.85. The normalized spacial score (nSPS) is 19.6. The molecule has 13 heteroatoms. The Morgan fingerprint density at radius 2 is 1.60 bits per heavy atom. The summed E-state index contributed by atoms with van der Waals surface area (Å²) in [5.74, 6) is 0.654. The van der Waals surface area contributed by atoms with Gasteiger partial charge in [0.25, 0.3) is 11.8 Å². The van der Waals surface area contributed by atoms with Gasteiger partial charge in [0.05, 0.1) is 18.6 Å². The number of benzene rings is 2. The Balaban J connectivity index is 1.28. The summed E-state index contributed by atoms with van der Waals surface area (Å²) in [4.78, 5) is 51.5. The molecule has 3 amide bonds. The lowest BCUT2D eigenvalue weighted by Crippen LogP contribution is -2.40. The maximum Gasteiger partial charge on any atom is 0.271 e. The van der Waals surface area contributed by atoms with Crippen LogP contribution in [0.2, 0.25) is 0 Å². The number of nitrogens with zero attached hydrogens (tertiary/aromatic N) is 3. The van der Waals surface area contributed by atoms with Crippen LogP contribution in [0.5, 0.6) is 11.5 Å². The fourth-order valence-corrected chi connectivity index (χ4v) is 7.43. The molecule has 0 spiro atoms. The number of hydrogen-bond acceptors (Lipinski definition) is 10. The Bertz CT molecular complexity index is 1710. The quantitative estimate of drug-likeness (QED) is 0.281. The summed E-state index contributed by atoms with van der Waals surface area (Å²) in [5, 5.41) is 14.0. The predicted molar refractivity (Wildman–Crippen MR) is 180 cm³/mol. The van der Waals surface area contributed by atoms with Crippen molar-refractivity contribution < 1.29 is 23.9 Å². The zero-order chi connectivity index (χ0) is 32.8. The first-order valence-electron chi connectivity index (χ1n) is 15.8. The van der Waals surface area contributed by atoms with E-state index in [2.05, 4.69) is 25.8 Å². The highest BCUT2D eigenvalue weighted by molar-refractivity contribution is 7.10. The van der Waals surface area contributed by atoms with Crippen LogP contribution in [0.1, 0.15) is 74.5 Å². The van der Waals surface area contributed by atoms with Crippen LogP contribution in [0.15, 0.2) is 59.3 Å². The van der Waals surface area contributed by atoms with Crippen molar-refractivity contribution in [1.82, 2.24) is 30.8 Å².